The maximum absolute atomic E-state index is 11.8. The van der Waals surface area contributed by atoms with Crippen LogP contribution >= 0.6 is 0 Å². The van der Waals surface area contributed by atoms with Crippen molar-refractivity contribution in [3.05, 3.63) is 0 Å². The van der Waals surface area contributed by atoms with Gasteiger partial charge in [0.25, 0.3) is 5.91 Å². The summed E-state index contributed by atoms with van der Waals surface area (Å²) < 4.78 is 0. The standard InChI is InChI=1S/C9H17N5O2/c1-11(2)10-6-7-8(15)12(3)9(16)14(5)13(7)4/h6-7H,1-5H3/b10-6+. The van der Waals surface area contributed by atoms with E-state index in [1.807, 2.05) is 0 Å². The molecule has 7 nitrogen and oxygen atoms in total. The van der Waals surface area contributed by atoms with Crippen LogP contribution in [-0.2, 0) is 4.79 Å². The Morgan fingerprint density at radius 2 is 1.81 bits per heavy atom. The molecule has 3 amide bonds. The number of hydrogen-bond acceptors (Lipinski definition) is 5. The van der Waals surface area contributed by atoms with Gasteiger partial charge >= 0.3 is 6.03 Å². The Morgan fingerprint density at radius 3 is 2.31 bits per heavy atom. The van der Waals surface area contributed by atoms with Crippen LogP contribution in [0.25, 0.3) is 0 Å². The number of amides is 3. The molecule has 1 aliphatic rings. The van der Waals surface area contributed by atoms with Gasteiger partial charge in [0.1, 0.15) is 6.04 Å². The molecule has 0 saturated carbocycles. The first kappa shape index (κ1) is 12.4. The van der Waals surface area contributed by atoms with Crippen molar-refractivity contribution in [2.45, 2.75) is 6.04 Å². The number of hydrazone groups is 1. The second-order valence-corrected chi connectivity index (χ2v) is 3.83. The molecule has 0 bridgehead atoms. The Hall–Kier alpha value is -1.63. The zero-order valence-corrected chi connectivity index (χ0v) is 10.2. The smallest absolute Gasteiger partial charge is 0.303 e. The van der Waals surface area contributed by atoms with E-state index in [0.717, 1.165) is 4.90 Å². The van der Waals surface area contributed by atoms with Gasteiger partial charge in [0.05, 0.1) is 6.21 Å². The fourth-order valence-electron chi connectivity index (χ4n) is 1.35. The maximum atomic E-state index is 11.8. The number of hydrazine groups is 1. The van der Waals surface area contributed by atoms with Crippen molar-refractivity contribution >= 4 is 18.2 Å². The summed E-state index contributed by atoms with van der Waals surface area (Å²) in [4.78, 5) is 24.5. The lowest BCUT2D eigenvalue weighted by atomic mass is 10.2. The van der Waals surface area contributed by atoms with Crippen molar-refractivity contribution in [3.8, 4) is 0 Å². The molecule has 1 unspecified atom stereocenters. The Morgan fingerprint density at radius 1 is 1.25 bits per heavy atom. The van der Waals surface area contributed by atoms with E-state index in [1.165, 1.54) is 18.3 Å². The number of carbonyl (C=O) groups is 2. The highest BCUT2D eigenvalue weighted by Gasteiger charge is 2.38. The van der Waals surface area contributed by atoms with Crippen molar-refractivity contribution in [2.24, 2.45) is 5.10 Å². The summed E-state index contributed by atoms with van der Waals surface area (Å²) >= 11 is 0. The number of likely N-dealkylation sites (N-methyl/N-ethyl adjacent to an activating group) is 2. The molecular formula is C9H17N5O2. The van der Waals surface area contributed by atoms with Gasteiger partial charge in [0.15, 0.2) is 0 Å². The van der Waals surface area contributed by atoms with Crippen LogP contribution in [0.15, 0.2) is 5.10 Å². The maximum Gasteiger partial charge on any atom is 0.340 e. The van der Waals surface area contributed by atoms with Crippen molar-refractivity contribution in [3.63, 3.8) is 0 Å². The largest absolute Gasteiger partial charge is 0.340 e. The lowest BCUT2D eigenvalue weighted by Crippen LogP contribution is -2.64. The minimum Gasteiger partial charge on any atom is -0.303 e. The number of nitrogens with zero attached hydrogens (tertiary/aromatic N) is 5. The molecule has 7 heteroatoms. The van der Waals surface area contributed by atoms with Crippen molar-refractivity contribution in [1.82, 2.24) is 19.9 Å². The molecule has 0 aliphatic carbocycles. The van der Waals surface area contributed by atoms with Crippen molar-refractivity contribution in [1.29, 1.82) is 0 Å². The Bertz CT molecular complexity index is 328. The number of carbonyl (C=O) groups excluding carboxylic acids is 2. The number of imide groups is 1. The molecule has 1 heterocycles. The third kappa shape index (κ3) is 2.13. The van der Waals surface area contributed by atoms with Crippen LogP contribution in [0.4, 0.5) is 4.79 Å². The molecule has 0 spiro atoms. The molecule has 1 fully saturated rings. The summed E-state index contributed by atoms with van der Waals surface area (Å²) in [5, 5.41) is 8.55. The molecule has 0 N–H and O–H groups in total. The Labute approximate surface area is 94.9 Å². The summed E-state index contributed by atoms with van der Waals surface area (Å²) in [5.41, 5.74) is 0. The highest BCUT2D eigenvalue weighted by Crippen LogP contribution is 2.12. The molecule has 0 radical (unpaired) electrons. The van der Waals surface area contributed by atoms with Gasteiger partial charge in [-0.25, -0.2) is 9.80 Å². The zero-order valence-electron chi connectivity index (χ0n) is 10.2. The van der Waals surface area contributed by atoms with Gasteiger partial charge in [0, 0.05) is 35.2 Å². The van der Waals surface area contributed by atoms with Gasteiger partial charge < -0.3 is 5.01 Å². The normalized spacial score (nSPS) is 23.4. The predicted octanol–water partition coefficient (Wildman–Crippen LogP) is -0.727. The SMILES string of the molecule is CN(C)/N=C/C1C(=O)N(C)C(=O)N(C)N1C. The summed E-state index contributed by atoms with van der Waals surface area (Å²) in [6.07, 6.45) is 1.52. The molecular weight excluding hydrogens is 210 g/mol. The first-order valence-electron chi connectivity index (χ1n) is 4.85. The summed E-state index contributed by atoms with van der Waals surface area (Å²) in [6.45, 7) is 0. The van der Waals surface area contributed by atoms with E-state index in [1.54, 1.807) is 38.2 Å². The van der Waals surface area contributed by atoms with Gasteiger partial charge in [-0.05, 0) is 0 Å². The number of hydrogen-bond donors (Lipinski definition) is 0. The molecule has 1 aliphatic heterocycles. The van der Waals surface area contributed by atoms with Crippen LogP contribution in [0.2, 0.25) is 0 Å². The van der Waals surface area contributed by atoms with Gasteiger partial charge in [-0.15, -0.1) is 0 Å². The third-order valence-corrected chi connectivity index (χ3v) is 2.46. The zero-order chi connectivity index (χ0) is 12.5. The molecule has 1 saturated heterocycles. The van der Waals surface area contributed by atoms with Gasteiger partial charge in [-0.3, -0.25) is 14.7 Å². The molecule has 1 atom stereocenters. The lowest BCUT2D eigenvalue weighted by Gasteiger charge is -2.40. The van der Waals surface area contributed by atoms with Crippen LogP contribution in [0, 0.1) is 0 Å². The van der Waals surface area contributed by atoms with E-state index < -0.39 is 6.04 Å². The molecule has 0 aromatic heterocycles. The number of rotatable bonds is 2. The van der Waals surface area contributed by atoms with E-state index in [0.29, 0.717) is 0 Å². The number of urea groups is 1. The van der Waals surface area contributed by atoms with Crippen LogP contribution in [0.3, 0.4) is 0 Å². The molecule has 1 rings (SSSR count). The first-order chi connectivity index (χ1) is 7.36. The summed E-state index contributed by atoms with van der Waals surface area (Å²) in [7, 11) is 8.28. The van der Waals surface area contributed by atoms with Gasteiger partial charge in [-0.1, -0.05) is 0 Å². The summed E-state index contributed by atoms with van der Waals surface area (Å²) in [6, 6.07) is -0.892. The average Bonchev–Trinajstić information content (AvgIpc) is 2.23. The van der Waals surface area contributed by atoms with Crippen LogP contribution in [-0.4, -0.2) is 79.4 Å². The second-order valence-electron chi connectivity index (χ2n) is 3.83. The monoisotopic (exact) mass is 227 g/mol. The van der Waals surface area contributed by atoms with Crippen molar-refractivity contribution < 1.29 is 9.59 Å². The minimum absolute atomic E-state index is 0.281. The molecule has 16 heavy (non-hydrogen) atoms. The lowest BCUT2D eigenvalue weighted by molar-refractivity contribution is -0.140. The predicted molar refractivity (Wildman–Crippen MR) is 59.7 cm³/mol. The highest BCUT2D eigenvalue weighted by molar-refractivity contribution is 6.06. The first-order valence-corrected chi connectivity index (χ1v) is 4.85. The van der Waals surface area contributed by atoms with E-state index in [2.05, 4.69) is 5.10 Å². The Kier molecular flexibility index (Phi) is 3.48. The van der Waals surface area contributed by atoms with Crippen molar-refractivity contribution in [2.75, 3.05) is 35.2 Å². The average molecular weight is 227 g/mol. The fourth-order valence-corrected chi connectivity index (χ4v) is 1.35. The van der Waals surface area contributed by atoms with E-state index in [9.17, 15) is 9.59 Å². The fraction of sp³-hybridized carbons (Fsp3) is 0.667. The van der Waals surface area contributed by atoms with Gasteiger partial charge in [-0.2, -0.15) is 5.10 Å². The minimum atomic E-state index is -0.546. The third-order valence-electron chi connectivity index (χ3n) is 2.46. The van der Waals surface area contributed by atoms with Crippen LogP contribution in [0.1, 0.15) is 0 Å². The summed E-state index contributed by atoms with van der Waals surface area (Å²) in [5.74, 6) is -0.281. The molecule has 90 valence electrons. The molecule has 0 aromatic carbocycles. The van der Waals surface area contributed by atoms with E-state index in [4.69, 9.17) is 0 Å². The van der Waals surface area contributed by atoms with E-state index in [-0.39, 0.29) is 11.9 Å². The quantitative estimate of drug-likeness (QED) is 0.461. The highest BCUT2D eigenvalue weighted by atomic mass is 16.2. The second kappa shape index (κ2) is 4.48. The van der Waals surface area contributed by atoms with Crippen LogP contribution in [0.5, 0.6) is 0 Å². The molecule has 0 aromatic rings. The Balaban J connectivity index is 2.91. The van der Waals surface area contributed by atoms with Crippen LogP contribution < -0.4 is 0 Å². The van der Waals surface area contributed by atoms with Gasteiger partial charge in [0.2, 0.25) is 0 Å². The topological polar surface area (TPSA) is 59.5 Å². The van der Waals surface area contributed by atoms with E-state index >= 15 is 0 Å².